The molecular weight excluding hydrogens is 397 g/mol. The third-order valence-electron chi connectivity index (χ3n) is 5.45. The predicted octanol–water partition coefficient (Wildman–Crippen LogP) is 3.14. The first-order valence-corrected chi connectivity index (χ1v) is 9.83. The van der Waals surface area contributed by atoms with Crippen LogP contribution in [0.15, 0.2) is 17.1 Å². The van der Waals surface area contributed by atoms with Crippen molar-refractivity contribution in [3.05, 3.63) is 50.8 Å². The van der Waals surface area contributed by atoms with Gasteiger partial charge in [0.2, 0.25) is 0 Å². The van der Waals surface area contributed by atoms with Gasteiger partial charge in [-0.1, -0.05) is 13.8 Å². The van der Waals surface area contributed by atoms with E-state index >= 15 is 0 Å². The minimum atomic E-state index is -4.43. The molecule has 1 aliphatic heterocycles. The van der Waals surface area contributed by atoms with Crippen LogP contribution in [0.5, 0.6) is 0 Å². The maximum atomic E-state index is 13.1. The molecule has 0 saturated heterocycles. The van der Waals surface area contributed by atoms with Crippen LogP contribution in [-0.2, 0) is 25.7 Å². The zero-order valence-electron chi connectivity index (χ0n) is 17.3. The second-order valence-corrected chi connectivity index (χ2v) is 8.14. The number of hydrogen-bond donors (Lipinski definition) is 0. The van der Waals surface area contributed by atoms with E-state index in [1.165, 1.54) is 9.08 Å². The van der Waals surface area contributed by atoms with Crippen LogP contribution in [0, 0.1) is 19.8 Å². The standard InChI is InChI=1S/C20H23F3N6O/c1-11(2)9-28-19(30)29-13(4)12(3)17(25-18(29)26-28)27-6-5-16-14(10-27)7-15(8-24-16)20(21,22)23/h7-8,11H,5-6,9-10H2,1-4H3. The van der Waals surface area contributed by atoms with Gasteiger partial charge in [-0.3, -0.25) is 4.98 Å². The number of nitrogens with zero attached hydrogens (tertiary/aromatic N) is 6. The first-order chi connectivity index (χ1) is 14.1. The lowest BCUT2D eigenvalue weighted by Crippen LogP contribution is -2.33. The van der Waals surface area contributed by atoms with Gasteiger partial charge in [0.1, 0.15) is 5.82 Å². The van der Waals surface area contributed by atoms with E-state index < -0.39 is 11.7 Å². The third kappa shape index (κ3) is 3.44. The Kier molecular flexibility index (Phi) is 4.82. The van der Waals surface area contributed by atoms with Crippen molar-refractivity contribution in [3.8, 4) is 0 Å². The van der Waals surface area contributed by atoms with E-state index in [1.807, 2.05) is 32.6 Å². The lowest BCUT2D eigenvalue weighted by atomic mass is 10.0. The summed E-state index contributed by atoms with van der Waals surface area (Å²) in [6.07, 6.45) is -3.02. The molecule has 10 heteroatoms. The molecule has 0 unspecified atom stereocenters. The fraction of sp³-hybridized carbons (Fsp3) is 0.500. The van der Waals surface area contributed by atoms with Crippen molar-refractivity contribution in [2.24, 2.45) is 5.92 Å². The molecule has 0 aromatic carbocycles. The molecule has 4 heterocycles. The zero-order valence-corrected chi connectivity index (χ0v) is 17.3. The van der Waals surface area contributed by atoms with Crippen molar-refractivity contribution in [2.45, 2.75) is 53.4 Å². The van der Waals surface area contributed by atoms with E-state index in [0.717, 1.165) is 23.5 Å². The summed E-state index contributed by atoms with van der Waals surface area (Å²) in [4.78, 5) is 23.3. The van der Waals surface area contributed by atoms with E-state index in [0.29, 0.717) is 42.4 Å². The summed E-state index contributed by atoms with van der Waals surface area (Å²) in [7, 11) is 0. The lowest BCUT2D eigenvalue weighted by molar-refractivity contribution is -0.137. The van der Waals surface area contributed by atoms with E-state index in [-0.39, 0.29) is 18.2 Å². The van der Waals surface area contributed by atoms with E-state index in [4.69, 9.17) is 0 Å². The van der Waals surface area contributed by atoms with Crippen LogP contribution in [-0.4, -0.2) is 30.7 Å². The highest BCUT2D eigenvalue weighted by atomic mass is 19.4. The van der Waals surface area contributed by atoms with Gasteiger partial charge in [-0.05, 0) is 31.4 Å². The van der Waals surface area contributed by atoms with Crippen LogP contribution < -0.4 is 10.6 Å². The van der Waals surface area contributed by atoms with Crippen LogP contribution in [0.3, 0.4) is 0 Å². The molecule has 0 bridgehead atoms. The summed E-state index contributed by atoms with van der Waals surface area (Å²) in [6, 6.07) is 1.16. The molecule has 0 amide bonds. The van der Waals surface area contributed by atoms with Crippen molar-refractivity contribution < 1.29 is 13.2 Å². The number of aromatic nitrogens is 5. The number of aryl methyl sites for hydroxylation is 1. The predicted molar refractivity (Wildman–Crippen MR) is 106 cm³/mol. The molecule has 0 radical (unpaired) electrons. The molecular formula is C20H23F3N6O. The summed E-state index contributed by atoms with van der Waals surface area (Å²) in [5, 5.41) is 4.37. The Morgan fingerprint density at radius 3 is 2.63 bits per heavy atom. The van der Waals surface area contributed by atoms with Gasteiger partial charge in [0, 0.05) is 49.2 Å². The molecule has 0 spiro atoms. The number of pyridine rings is 1. The highest BCUT2D eigenvalue weighted by Gasteiger charge is 2.33. The fourth-order valence-electron chi connectivity index (χ4n) is 3.81. The Hall–Kier alpha value is -2.91. The van der Waals surface area contributed by atoms with Crippen molar-refractivity contribution in [3.63, 3.8) is 0 Å². The Balaban J connectivity index is 1.75. The van der Waals surface area contributed by atoms with E-state index in [1.54, 1.807) is 0 Å². The van der Waals surface area contributed by atoms with Gasteiger partial charge in [-0.25, -0.2) is 13.9 Å². The Morgan fingerprint density at radius 1 is 1.23 bits per heavy atom. The van der Waals surface area contributed by atoms with Crippen molar-refractivity contribution in [1.29, 1.82) is 0 Å². The lowest BCUT2D eigenvalue weighted by Gasteiger charge is -2.31. The van der Waals surface area contributed by atoms with Gasteiger partial charge in [-0.15, -0.1) is 5.10 Å². The quantitative estimate of drug-likeness (QED) is 0.651. The smallest absolute Gasteiger partial charge is 0.351 e. The summed E-state index contributed by atoms with van der Waals surface area (Å²) in [6.45, 7) is 9.03. The Bertz CT molecular complexity index is 1180. The maximum absolute atomic E-state index is 13.1. The molecule has 0 N–H and O–H groups in total. The third-order valence-corrected chi connectivity index (χ3v) is 5.45. The zero-order chi connectivity index (χ0) is 21.8. The maximum Gasteiger partial charge on any atom is 0.417 e. The second-order valence-electron chi connectivity index (χ2n) is 8.14. The number of halogens is 3. The molecule has 0 aliphatic carbocycles. The number of rotatable bonds is 3. The topological polar surface area (TPSA) is 68.3 Å². The monoisotopic (exact) mass is 420 g/mol. The fourth-order valence-corrected chi connectivity index (χ4v) is 3.81. The van der Waals surface area contributed by atoms with Gasteiger partial charge in [0.15, 0.2) is 0 Å². The molecule has 3 aromatic rings. The Labute approximate surface area is 171 Å². The number of fused-ring (bicyclic) bond motifs is 2. The average Bonchev–Trinajstić information content (AvgIpc) is 2.98. The van der Waals surface area contributed by atoms with Gasteiger partial charge in [-0.2, -0.15) is 18.2 Å². The summed E-state index contributed by atoms with van der Waals surface area (Å²) in [5.74, 6) is 1.18. The first-order valence-electron chi connectivity index (χ1n) is 9.83. The van der Waals surface area contributed by atoms with Crippen molar-refractivity contribution in [2.75, 3.05) is 11.4 Å². The van der Waals surface area contributed by atoms with Gasteiger partial charge >= 0.3 is 11.9 Å². The highest BCUT2D eigenvalue weighted by molar-refractivity contribution is 5.55. The normalized spacial score (nSPS) is 14.6. The summed E-state index contributed by atoms with van der Waals surface area (Å²) in [5.41, 5.74) is 1.75. The van der Waals surface area contributed by atoms with E-state index in [9.17, 15) is 18.0 Å². The van der Waals surface area contributed by atoms with Crippen LogP contribution in [0.1, 0.15) is 41.9 Å². The molecule has 7 nitrogen and oxygen atoms in total. The first kappa shape index (κ1) is 20.4. The van der Waals surface area contributed by atoms with Gasteiger partial charge < -0.3 is 4.90 Å². The molecule has 0 saturated carbocycles. The van der Waals surface area contributed by atoms with E-state index in [2.05, 4.69) is 15.1 Å². The average molecular weight is 420 g/mol. The molecule has 3 aromatic heterocycles. The van der Waals surface area contributed by atoms with Crippen molar-refractivity contribution >= 4 is 11.6 Å². The summed E-state index contributed by atoms with van der Waals surface area (Å²) >= 11 is 0. The highest BCUT2D eigenvalue weighted by Crippen LogP contribution is 2.32. The molecule has 0 atom stereocenters. The van der Waals surface area contributed by atoms with Crippen LogP contribution in [0.25, 0.3) is 5.78 Å². The number of alkyl halides is 3. The minimum absolute atomic E-state index is 0.235. The molecule has 30 heavy (non-hydrogen) atoms. The van der Waals surface area contributed by atoms with Crippen molar-refractivity contribution in [1.82, 2.24) is 24.1 Å². The molecule has 0 fully saturated rings. The number of hydrogen-bond acceptors (Lipinski definition) is 5. The largest absolute Gasteiger partial charge is 0.417 e. The molecule has 4 rings (SSSR count). The molecule has 1 aliphatic rings. The summed E-state index contributed by atoms with van der Waals surface area (Å²) < 4.78 is 42.2. The second kappa shape index (κ2) is 7.10. The Morgan fingerprint density at radius 2 is 1.97 bits per heavy atom. The minimum Gasteiger partial charge on any atom is -0.351 e. The van der Waals surface area contributed by atoms with Crippen LogP contribution in [0.2, 0.25) is 0 Å². The van der Waals surface area contributed by atoms with Crippen LogP contribution in [0.4, 0.5) is 19.0 Å². The SMILES string of the molecule is Cc1c(N2CCc3ncc(C(F)(F)F)cc3C2)nc2nn(CC(C)C)c(=O)n2c1C. The van der Waals surface area contributed by atoms with Crippen LogP contribution >= 0.6 is 0 Å². The van der Waals surface area contributed by atoms with Gasteiger partial charge in [0.05, 0.1) is 5.56 Å². The number of anilines is 1. The molecule has 160 valence electrons. The van der Waals surface area contributed by atoms with Gasteiger partial charge in [0.25, 0.3) is 5.78 Å².